The zero-order valence-electron chi connectivity index (χ0n) is 16.9. The number of carbonyl (C=O) groups is 1. The van der Waals surface area contributed by atoms with E-state index < -0.39 is 5.60 Å². The summed E-state index contributed by atoms with van der Waals surface area (Å²) in [5.74, 6) is 1.04. The quantitative estimate of drug-likeness (QED) is 0.825. The Kier molecular flexibility index (Phi) is 4.32. The first-order chi connectivity index (χ1) is 13.8. The molecule has 0 saturated heterocycles. The topological polar surface area (TPSA) is 67.2 Å². The third kappa shape index (κ3) is 3.18. The number of aliphatic hydroxyl groups is 1. The summed E-state index contributed by atoms with van der Waals surface area (Å²) in [6.07, 6.45) is 6.37. The van der Waals surface area contributed by atoms with Gasteiger partial charge in [-0.2, -0.15) is 5.10 Å². The van der Waals surface area contributed by atoms with Crippen LogP contribution in [0.1, 0.15) is 67.9 Å². The van der Waals surface area contributed by atoms with E-state index in [0.717, 1.165) is 43.5 Å². The standard InChI is InChI=1S/C23H28FN3O2/c1-13(2)21-19(12-25-27(21)18-5-3-17(24)4-6-18)22(28)26-20-15-7-14-8-16(20)11-23(29,9-14)10-15/h3-6,12-16,20,29H,7-11H2,1-2H3,(H,26,28). The maximum Gasteiger partial charge on any atom is 0.255 e. The molecule has 1 heterocycles. The van der Waals surface area contributed by atoms with Gasteiger partial charge in [-0.3, -0.25) is 4.79 Å². The number of rotatable bonds is 4. The highest BCUT2D eigenvalue weighted by atomic mass is 19.1. The van der Waals surface area contributed by atoms with Crippen LogP contribution in [-0.2, 0) is 0 Å². The van der Waals surface area contributed by atoms with Crippen molar-refractivity contribution in [2.45, 2.75) is 63.5 Å². The summed E-state index contributed by atoms with van der Waals surface area (Å²) in [7, 11) is 0. The first-order valence-electron chi connectivity index (χ1n) is 10.7. The average Bonchev–Trinajstić information content (AvgIpc) is 3.09. The van der Waals surface area contributed by atoms with Gasteiger partial charge in [0, 0.05) is 6.04 Å². The molecule has 4 fully saturated rings. The largest absolute Gasteiger partial charge is 0.390 e. The van der Waals surface area contributed by atoms with E-state index in [0.29, 0.717) is 23.3 Å². The summed E-state index contributed by atoms with van der Waals surface area (Å²) in [4.78, 5) is 13.3. The summed E-state index contributed by atoms with van der Waals surface area (Å²) < 4.78 is 15.0. The minimum atomic E-state index is -0.506. The molecule has 6 rings (SSSR count). The number of halogens is 1. The smallest absolute Gasteiger partial charge is 0.255 e. The van der Waals surface area contributed by atoms with Gasteiger partial charge in [-0.25, -0.2) is 9.07 Å². The molecular formula is C23H28FN3O2. The molecule has 29 heavy (non-hydrogen) atoms. The third-order valence-corrected chi connectivity index (χ3v) is 7.21. The monoisotopic (exact) mass is 397 g/mol. The van der Waals surface area contributed by atoms with E-state index in [2.05, 4.69) is 10.4 Å². The van der Waals surface area contributed by atoms with Crippen LogP contribution < -0.4 is 5.32 Å². The second-order valence-corrected chi connectivity index (χ2v) is 9.68. The Morgan fingerprint density at radius 3 is 2.45 bits per heavy atom. The van der Waals surface area contributed by atoms with Crippen LogP contribution in [0.15, 0.2) is 30.5 Å². The normalized spacial score (nSPS) is 32.7. The molecule has 0 aliphatic heterocycles. The summed E-state index contributed by atoms with van der Waals surface area (Å²) >= 11 is 0. The van der Waals surface area contributed by atoms with Crippen LogP contribution in [0.5, 0.6) is 0 Å². The Balaban J connectivity index is 1.41. The van der Waals surface area contributed by atoms with Crippen molar-refractivity contribution < 1.29 is 14.3 Å². The van der Waals surface area contributed by atoms with Crippen LogP contribution >= 0.6 is 0 Å². The van der Waals surface area contributed by atoms with Crippen molar-refractivity contribution in [3.8, 4) is 5.69 Å². The molecule has 1 aromatic carbocycles. The van der Waals surface area contributed by atoms with E-state index in [1.807, 2.05) is 13.8 Å². The molecule has 2 unspecified atom stereocenters. The van der Waals surface area contributed by atoms with E-state index in [1.54, 1.807) is 23.0 Å². The second kappa shape index (κ2) is 6.66. The van der Waals surface area contributed by atoms with Crippen LogP contribution in [0.25, 0.3) is 5.69 Å². The number of nitrogens with one attached hydrogen (secondary N) is 1. The number of hydrogen-bond acceptors (Lipinski definition) is 3. The average molecular weight is 397 g/mol. The fraction of sp³-hybridized carbons (Fsp3) is 0.565. The lowest BCUT2D eigenvalue weighted by Crippen LogP contribution is -2.61. The van der Waals surface area contributed by atoms with Gasteiger partial charge < -0.3 is 10.4 Å². The van der Waals surface area contributed by atoms with Crippen LogP contribution in [0.2, 0.25) is 0 Å². The Morgan fingerprint density at radius 1 is 1.21 bits per heavy atom. The molecule has 2 N–H and O–H groups in total. The molecule has 1 aromatic heterocycles. The van der Waals surface area contributed by atoms with Gasteiger partial charge in [-0.15, -0.1) is 0 Å². The van der Waals surface area contributed by atoms with Gasteiger partial charge in [-0.05, 0) is 80.0 Å². The summed E-state index contributed by atoms with van der Waals surface area (Å²) in [5, 5.41) is 18.5. The van der Waals surface area contributed by atoms with Crippen molar-refractivity contribution in [2.24, 2.45) is 17.8 Å². The van der Waals surface area contributed by atoms with E-state index in [-0.39, 0.29) is 23.7 Å². The molecular weight excluding hydrogens is 369 g/mol. The van der Waals surface area contributed by atoms with Crippen molar-refractivity contribution in [1.82, 2.24) is 15.1 Å². The van der Waals surface area contributed by atoms with Gasteiger partial charge in [0.1, 0.15) is 5.82 Å². The SMILES string of the molecule is CC(C)c1c(C(=O)NC2C3CC4CC2CC(O)(C4)C3)cnn1-c1ccc(F)cc1. The predicted octanol–water partition coefficient (Wildman–Crippen LogP) is 3.80. The maximum absolute atomic E-state index is 13.3. The molecule has 154 valence electrons. The highest BCUT2D eigenvalue weighted by molar-refractivity contribution is 5.95. The molecule has 4 bridgehead atoms. The molecule has 4 aliphatic carbocycles. The Labute approximate surface area is 170 Å². The van der Waals surface area contributed by atoms with E-state index in [1.165, 1.54) is 12.1 Å². The lowest BCUT2D eigenvalue weighted by Gasteiger charge is -2.58. The summed E-state index contributed by atoms with van der Waals surface area (Å²) in [6.45, 7) is 4.07. The number of nitrogens with zero attached hydrogens (tertiary/aromatic N) is 2. The van der Waals surface area contributed by atoms with Crippen LogP contribution in [0.3, 0.4) is 0 Å². The van der Waals surface area contributed by atoms with Crippen molar-refractivity contribution in [2.75, 3.05) is 0 Å². The first-order valence-corrected chi connectivity index (χ1v) is 10.7. The predicted molar refractivity (Wildman–Crippen MR) is 107 cm³/mol. The number of carbonyl (C=O) groups excluding carboxylic acids is 1. The van der Waals surface area contributed by atoms with Crippen LogP contribution in [-0.4, -0.2) is 32.4 Å². The molecule has 5 nitrogen and oxygen atoms in total. The van der Waals surface area contributed by atoms with Crippen molar-refractivity contribution in [3.05, 3.63) is 47.5 Å². The van der Waals surface area contributed by atoms with Gasteiger partial charge in [0.15, 0.2) is 0 Å². The minimum absolute atomic E-state index is 0.0857. The number of amides is 1. The van der Waals surface area contributed by atoms with Crippen molar-refractivity contribution >= 4 is 5.91 Å². The lowest BCUT2D eigenvalue weighted by atomic mass is 9.52. The summed E-state index contributed by atoms with van der Waals surface area (Å²) in [5.41, 5.74) is 1.65. The molecule has 6 heteroatoms. The number of hydrogen-bond donors (Lipinski definition) is 2. The zero-order valence-corrected chi connectivity index (χ0v) is 16.9. The van der Waals surface area contributed by atoms with Gasteiger partial charge in [0.25, 0.3) is 5.91 Å². The van der Waals surface area contributed by atoms with Gasteiger partial charge in [-0.1, -0.05) is 13.8 Å². The van der Waals surface area contributed by atoms with E-state index in [9.17, 15) is 14.3 Å². The molecule has 2 aromatic rings. The van der Waals surface area contributed by atoms with Gasteiger partial charge in [0.2, 0.25) is 0 Å². The minimum Gasteiger partial charge on any atom is -0.390 e. The maximum atomic E-state index is 13.3. The molecule has 1 amide bonds. The molecule has 0 spiro atoms. The molecule has 4 saturated carbocycles. The van der Waals surface area contributed by atoms with Crippen molar-refractivity contribution in [1.29, 1.82) is 0 Å². The highest BCUT2D eigenvalue weighted by Crippen LogP contribution is 2.55. The summed E-state index contributed by atoms with van der Waals surface area (Å²) in [6, 6.07) is 6.29. The molecule has 2 atom stereocenters. The highest BCUT2D eigenvalue weighted by Gasteiger charge is 2.55. The Morgan fingerprint density at radius 2 is 1.86 bits per heavy atom. The fourth-order valence-corrected chi connectivity index (χ4v) is 6.32. The Bertz CT molecular complexity index is 920. The molecule has 4 aliphatic rings. The third-order valence-electron chi connectivity index (χ3n) is 7.21. The van der Waals surface area contributed by atoms with E-state index >= 15 is 0 Å². The fourth-order valence-electron chi connectivity index (χ4n) is 6.32. The lowest BCUT2D eigenvalue weighted by molar-refractivity contribution is -0.136. The van der Waals surface area contributed by atoms with Crippen LogP contribution in [0.4, 0.5) is 4.39 Å². The first kappa shape index (κ1) is 18.8. The number of aromatic nitrogens is 2. The second-order valence-electron chi connectivity index (χ2n) is 9.68. The number of benzene rings is 1. The Hall–Kier alpha value is -2.21. The van der Waals surface area contributed by atoms with Gasteiger partial charge >= 0.3 is 0 Å². The molecule has 0 radical (unpaired) electrons. The van der Waals surface area contributed by atoms with E-state index in [4.69, 9.17) is 0 Å². The van der Waals surface area contributed by atoms with Crippen molar-refractivity contribution in [3.63, 3.8) is 0 Å². The van der Waals surface area contributed by atoms with Crippen LogP contribution in [0, 0.1) is 23.6 Å². The zero-order chi connectivity index (χ0) is 20.3. The van der Waals surface area contributed by atoms with Gasteiger partial charge in [0.05, 0.1) is 28.7 Å².